The van der Waals surface area contributed by atoms with Gasteiger partial charge in [0.2, 0.25) is 0 Å². The first-order chi connectivity index (χ1) is 11.6. The average molecular weight is 332 g/mol. The Bertz CT molecular complexity index is 710. The molecule has 0 amide bonds. The number of halogens is 1. The molecule has 3 rings (SSSR count). The molecule has 2 atom stereocenters. The minimum atomic E-state index is -0.449. The number of pyridine rings is 1. The third-order valence-corrected chi connectivity index (χ3v) is 4.33. The molecule has 2 heterocycles. The standard InChI is InChI=1S/C18H21FN2O3/c1-23-17-6-7-20-15(18(17)24-2)11-21-10-14(22)9-16(21)12-4-3-5-13(19)8-12/h3-8,14,16,22H,9-11H2,1-2H3/t14-,16+/m0/s1. The summed E-state index contributed by atoms with van der Waals surface area (Å²) in [5.41, 5.74) is 1.58. The van der Waals surface area contributed by atoms with Gasteiger partial charge in [0.25, 0.3) is 0 Å². The Morgan fingerprint density at radius 3 is 2.83 bits per heavy atom. The van der Waals surface area contributed by atoms with E-state index in [4.69, 9.17) is 9.47 Å². The number of aliphatic hydroxyl groups is 1. The molecule has 1 aromatic heterocycles. The molecule has 128 valence electrons. The van der Waals surface area contributed by atoms with Crippen LogP contribution in [-0.2, 0) is 6.54 Å². The smallest absolute Gasteiger partial charge is 0.183 e. The maximum absolute atomic E-state index is 13.6. The van der Waals surface area contributed by atoms with Crippen LogP contribution in [0.2, 0.25) is 0 Å². The molecule has 1 N–H and O–H groups in total. The van der Waals surface area contributed by atoms with Crippen LogP contribution < -0.4 is 9.47 Å². The van der Waals surface area contributed by atoms with Gasteiger partial charge < -0.3 is 14.6 Å². The summed E-state index contributed by atoms with van der Waals surface area (Å²) < 4.78 is 24.3. The van der Waals surface area contributed by atoms with Gasteiger partial charge in [0, 0.05) is 31.4 Å². The summed E-state index contributed by atoms with van der Waals surface area (Å²) in [6.45, 7) is 0.988. The van der Waals surface area contributed by atoms with Crippen molar-refractivity contribution in [1.82, 2.24) is 9.88 Å². The molecule has 1 aliphatic rings. The van der Waals surface area contributed by atoms with Gasteiger partial charge in [0.1, 0.15) is 11.5 Å². The SMILES string of the molecule is COc1ccnc(CN2C[C@@H](O)C[C@@H]2c2cccc(F)c2)c1OC. The summed E-state index contributed by atoms with van der Waals surface area (Å²) in [6, 6.07) is 8.20. The molecule has 1 saturated heterocycles. The van der Waals surface area contributed by atoms with E-state index in [1.165, 1.54) is 12.1 Å². The molecule has 1 fully saturated rings. The predicted molar refractivity (Wildman–Crippen MR) is 87.5 cm³/mol. The first-order valence-electron chi connectivity index (χ1n) is 7.85. The average Bonchev–Trinajstić information content (AvgIpc) is 2.95. The Labute approximate surface area is 140 Å². The molecule has 0 spiro atoms. The van der Waals surface area contributed by atoms with E-state index in [2.05, 4.69) is 9.88 Å². The highest BCUT2D eigenvalue weighted by Crippen LogP contribution is 2.36. The monoisotopic (exact) mass is 332 g/mol. The van der Waals surface area contributed by atoms with Crippen molar-refractivity contribution in [2.75, 3.05) is 20.8 Å². The zero-order valence-corrected chi connectivity index (χ0v) is 13.8. The fourth-order valence-corrected chi connectivity index (χ4v) is 3.27. The topological polar surface area (TPSA) is 54.8 Å². The fraction of sp³-hybridized carbons (Fsp3) is 0.389. The lowest BCUT2D eigenvalue weighted by Crippen LogP contribution is -2.25. The van der Waals surface area contributed by atoms with Crippen LogP contribution in [0.25, 0.3) is 0 Å². The van der Waals surface area contributed by atoms with E-state index >= 15 is 0 Å². The first kappa shape index (κ1) is 16.7. The Morgan fingerprint density at radius 2 is 2.12 bits per heavy atom. The summed E-state index contributed by atoms with van der Waals surface area (Å²) in [4.78, 5) is 6.48. The van der Waals surface area contributed by atoms with Gasteiger partial charge in [-0.1, -0.05) is 12.1 Å². The Morgan fingerprint density at radius 1 is 1.29 bits per heavy atom. The third kappa shape index (κ3) is 3.34. The number of ether oxygens (including phenoxy) is 2. The molecule has 0 saturated carbocycles. The van der Waals surface area contributed by atoms with Crippen LogP contribution in [0.1, 0.15) is 23.7 Å². The number of likely N-dealkylation sites (tertiary alicyclic amines) is 1. The molecule has 0 unspecified atom stereocenters. The molecule has 6 heteroatoms. The van der Waals surface area contributed by atoms with Crippen molar-refractivity contribution < 1.29 is 19.0 Å². The van der Waals surface area contributed by atoms with Crippen molar-refractivity contribution in [3.05, 3.63) is 53.6 Å². The molecule has 0 aliphatic carbocycles. The van der Waals surface area contributed by atoms with Gasteiger partial charge in [-0.3, -0.25) is 9.88 Å². The van der Waals surface area contributed by atoms with Gasteiger partial charge in [0.15, 0.2) is 11.5 Å². The van der Waals surface area contributed by atoms with Crippen molar-refractivity contribution in [2.45, 2.75) is 25.1 Å². The second-order valence-corrected chi connectivity index (χ2v) is 5.88. The number of hydrogen-bond acceptors (Lipinski definition) is 5. The van der Waals surface area contributed by atoms with Crippen LogP contribution in [0, 0.1) is 5.82 Å². The van der Waals surface area contributed by atoms with Crippen LogP contribution in [0.5, 0.6) is 11.5 Å². The van der Waals surface area contributed by atoms with Crippen LogP contribution in [0.3, 0.4) is 0 Å². The normalized spacial score (nSPS) is 21.0. The molecular formula is C18H21FN2O3. The summed E-state index contributed by atoms with van der Waals surface area (Å²) >= 11 is 0. The minimum Gasteiger partial charge on any atom is -0.493 e. The molecule has 1 aromatic carbocycles. The largest absolute Gasteiger partial charge is 0.493 e. The van der Waals surface area contributed by atoms with Crippen LogP contribution in [-0.4, -0.2) is 41.9 Å². The predicted octanol–water partition coefficient (Wildman–Crippen LogP) is 2.55. The van der Waals surface area contributed by atoms with Crippen LogP contribution in [0.4, 0.5) is 4.39 Å². The number of nitrogens with zero attached hydrogens (tertiary/aromatic N) is 2. The quantitative estimate of drug-likeness (QED) is 0.912. The zero-order valence-electron chi connectivity index (χ0n) is 13.8. The summed E-state index contributed by atoms with van der Waals surface area (Å²) in [5.74, 6) is 0.926. The molecular weight excluding hydrogens is 311 g/mol. The summed E-state index contributed by atoms with van der Waals surface area (Å²) in [5, 5.41) is 10.1. The van der Waals surface area contributed by atoms with E-state index in [-0.39, 0.29) is 11.9 Å². The zero-order chi connectivity index (χ0) is 17.1. The maximum atomic E-state index is 13.6. The van der Waals surface area contributed by atoms with Crippen LogP contribution in [0.15, 0.2) is 36.5 Å². The van der Waals surface area contributed by atoms with E-state index in [1.54, 1.807) is 32.5 Å². The lowest BCUT2D eigenvalue weighted by atomic mass is 10.0. The Balaban J connectivity index is 1.88. The summed E-state index contributed by atoms with van der Waals surface area (Å²) in [6.07, 6.45) is 1.78. The Kier molecular flexibility index (Phi) is 4.97. The number of β-amino-alcohol motifs (C(OH)–C–C–N with tert-alkyl or cyclic N) is 1. The number of benzene rings is 1. The number of rotatable bonds is 5. The highest BCUT2D eigenvalue weighted by atomic mass is 19.1. The molecule has 5 nitrogen and oxygen atoms in total. The number of aromatic nitrogens is 1. The lowest BCUT2D eigenvalue weighted by molar-refractivity contribution is 0.171. The van der Waals surface area contributed by atoms with Crippen molar-refractivity contribution in [3.63, 3.8) is 0 Å². The van der Waals surface area contributed by atoms with E-state index in [9.17, 15) is 9.50 Å². The maximum Gasteiger partial charge on any atom is 0.183 e. The molecule has 0 radical (unpaired) electrons. The lowest BCUT2D eigenvalue weighted by Gasteiger charge is -2.25. The highest BCUT2D eigenvalue weighted by molar-refractivity contribution is 5.42. The molecule has 2 aromatic rings. The van der Waals surface area contributed by atoms with E-state index < -0.39 is 6.10 Å². The molecule has 1 aliphatic heterocycles. The number of methoxy groups -OCH3 is 2. The Hall–Kier alpha value is -2.18. The summed E-state index contributed by atoms with van der Waals surface area (Å²) in [7, 11) is 3.16. The first-order valence-corrected chi connectivity index (χ1v) is 7.85. The number of hydrogen-bond donors (Lipinski definition) is 1. The van der Waals surface area contributed by atoms with Gasteiger partial charge in [-0.15, -0.1) is 0 Å². The van der Waals surface area contributed by atoms with Crippen LogP contribution >= 0.6 is 0 Å². The van der Waals surface area contributed by atoms with Gasteiger partial charge in [-0.25, -0.2) is 4.39 Å². The number of aliphatic hydroxyl groups excluding tert-OH is 1. The van der Waals surface area contributed by atoms with Gasteiger partial charge in [-0.2, -0.15) is 0 Å². The van der Waals surface area contributed by atoms with Gasteiger partial charge in [-0.05, 0) is 24.1 Å². The second-order valence-electron chi connectivity index (χ2n) is 5.88. The molecule has 0 bridgehead atoms. The van der Waals surface area contributed by atoms with Crippen molar-refractivity contribution >= 4 is 0 Å². The minimum absolute atomic E-state index is 0.0617. The molecule has 24 heavy (non-hydrogen) atoms. The van der Waals surface area contributed by atoms with E-state index in [1.807, 2.05) is 6.07 Å². The van der Waals surface area contributed by atoms with E-state index in [0.29, 0.717) is 31.0 Å². The van der Waals surface area contributed by atoms with Crippen molar-refractivity contribution in [1.29, 1.82) is 0 Å². The fourth-order valence-electron chi connectivity index (χ4n) is 3.27. The van der Waals surface area contributed by atoms with Gasteiger partial charge in [0.05, 0.1) is 20.3 Å². The van der Waals surface area contributed by atoms with Gasteiger partial charge >= 0.3 is 0 Å². The highest BCUT2D eigenvalue weighted by Gasteiger charge is 2.33. The second kappa shape index (κ2) is 7.15. The van der Waals surface area contributed by atoms with Crippen molar-refractivity contribution in [3.8, 4) is 11.5 Å². The third-order valence-electron chi connectivity index (χ3n) is 4.33. The van der Waals surface area contributed by atoms with E-state index in [0.717, 1.165) is 11.3 Å². The van der Waals surface area contributed by atoms with Crippen molar-refractivity contribution in [2.24, 2.45) is 0 Å².